The lowest BCUT2D eigenvalue weighted by Crippen LogP contribution is -2.00. The Morgan fingerprint density at radius 1 is 1.17 bits per heavy atom. The number of nitrogens with zero attached hydrogens (tertiary/aromatic N) is 1. The van der Waals surface area contributed by atoms with Crippen molar-refractivity contribution >= 4 is 0 Å². The third kappa shape index (κ3) is 2.95. The second-order valence-corrected chi connectivity index (χ2v) is 4.43. The Balaban J connectivity index is 2.20. The molecular weight excluding hydrogens is 225 g/mol. The van der Waals surface area contributed by atoms with E-state index in [1.807, 2.05) is 37.3 Å². The second-order valence-electron chi connectivity index (χ2n) is 4.43. The molecule has 2 rings (SSSR count). The van der Waals surface area contributed by atoms with Crippen molar-refractivity contribution in [1.82, 2.24) is 0 Å². The first-order valence-electron chi connectivity index (χ1n) is 5.89. The summed E-state index contributed by atoms with van der Waals surface area (Å²) in [4.78, 5) is 0. The van der Waals surface area contributed by atoms with Crippen LogP contribution in [0.4, 0.5) is 4.39 Å². The van der Waals surface area contributed by atoms with Gasteiger partial charge in [-0.25, -0.2) is 4.39 Å². The van der Waals surface area contributed by atoms with Crippen LogP contribution in [0.5, 0.6) is 0 Å². The van der Waals surface area contributed by atoms with Gasteiger partial charge >= 0.3 is 0 Å². The maximum absolute atomic E-state index is 13.1. The molecule has 1 unspecified atom stereocenters. The summed E-state index contributed by atoms with van der Waals surface area (Å²) in [5.74, 6) is -0.486. The number of benzene rings is 2. The molecule has 0 saturated carbocycles. The quantitative estimate of drug-likeness (QED) is 0.794. The van der Waals surface area contributed by atoms with Crippen LogP contribution in [0.25, 0.3) is 0 Å². The normalized spacial score (nSPS) is 11.8. The van der Waals surface area contributed by atoms with Crippen LogP contribution in [0.15, 0.2) is 48.5 Å². The minimum absolute atomic E-state index is 0.229. The van der Waals surface area contributed by atoms with E-state index in [1.54, 1.807) is 6.07 Å². The molecule has 1 atom stereocenters. The minimum Gasteiger partial charge on any atom is -0.207 e. The third-order valence-corrected chi connectivity index (χ3v) is 2.96. The van der Waals surface area contributed by atoms with Crippen LogP contribution >= 0.6 is 0 Å². The Hall–Kier alpha value is -2.14. The van der Waals surface area contributed by atoms with Gasteiger partial charge in [0.1, 0.15) is 5.82 Å². The molecule has 1 nitrogen and oxygen atoms in total. The smallest absolute Gasteiger partial charge is 0.123 e. The predicted molar refractivity (Wildman–Crippen MR) is 69.6 cm³/mol. The number of aryl methyl sites for hydroxylation is 1. The Morgan fingerprint density at radius 2 is 1.89 bits per heavy atom. The summed E-state index contributed by atoms with van der Waals surface area (Å²) in [6, 6.07) is 16.6. The van der Waals surface area contributed by atoms with E-state index in [2.05, 4.69) is 6.07 Å². The molecule has 0 radical (unpaired) electrons. The van der Waals surface area contributed by atoms with Crippen molar-refractivity contribution in [2.75, 3.05) is 0 Å². The fourth-order valence-electron chi connectivity index (χ4n) is 1.94. The molecule has 0 aliphatic rings. The lowest BCUT2D eigenvalue weighted by molar-refractivity contribution is 0.624. The van der Waals surface area contributed by atoms with E-state index in [0.29, 0.717) is 6.42 Å². The van der Waals surface area contributed by atoms with Crippen molar-refractivity contribution in [3.63, 3.8) is 0 Å². The molecule has 0 heterocycles. The molecule has 2 heteroatoms. The highest BCUT2D eigenvalue weighted by Crippen LogP contribution is 2.21. The van der Waals surface area contributed by atoms with Crippen molar-refractivity contribution in [3.05, 3.63) is 71.0 Å². The average molecular weight is 239 g/mol. The molecule has 2 aromatic rings. The van der Waals surface area contributed by atoms with Crippen LogP contribution in [-0.4, -0.2) is 0 Å². The van der Waals surface area contributed by atoms with Gasteiger partial charge in [-0.1, -0.05) is 42.0 Å². The Morgan fingerprint density at radius 3 is 2.50 bits per heavy atom. The van der Waals surface area contributed by atoms with Crippen molar-refractivity contribution in [2.24, 2.45) is 0 Å². The molecule has 0 N–H and O–H groups in total. The van der Waals surface area contributed by atoms with Gasteiger partial charge in [-0.05, 0) is 36.6 Å². The molecule has 0 spiro atoms. The minimum atomic E-state index is -0.256. The van der Waals surface area contributed by atoms with Gasteiger partial charge in [0.25, 0.3) is 0 Å². The summed E-state index contributed by atoms with van der Waals surface area (Å²) in [5, 5.41) is 9.24. The van der Waals surface area contributed by atoms with Gasteiger partial charge in [0, 0.05) is 0 Å². The molecule has 90 valence electrons. The fourth-order valence-corrected chi connectivity index (χ4v) is 1.94. The highest BCUT2D eigenvalue weighted by Gasteiger charge is 2.11. The summed E-state index contributed by atoms with van der Waals surface area (Å²) in [6.45, 7) is 2.01. The summed E-state index contributed by atoms with van der Waals surface area (Å²) in [6.07, 6.45) is 0.539. The molecule has 0 amide bonds. The molecule has 0 aromatic heterocycles. The zero-order valence-corrected chi connectivity index (χ0v) is 10.2. The van der Waals surface area contributed by atoms with E-state index in [1.165, 1.54) is 17.7 Å². The number of halogens is 1. The predicted octanol–water partition coefficient (Wildman–Crippen LogP) is 3.98. The van der Waals surface area contributed by atoms with Gasteiger partial charge in [-0.15, -0.1) is 0 Å². The lowest BCUT2D eigenvalue weighted by atomic mass is 9.93. The zero-order chi connectivity index (χ0) is 13.0. The number of hydrogen-bond acceptors (Lipinski definition) is 1. The lowest BCUT2D eigenvalue weighted by Gasteiger charge is -2.10. The van der Waals surface area contributed by atoms with Crippen LogP contribution in [0.3, 0.4) is 0 Å². The Bertz CT molecular complexity index is 566. The average Bonchev–Trinajstić information content (AvgIpc) is 2.37. The summed E-state index contributed by atoms with van der Waals surface area (Å²) < 4.78 is 13.1. The van der Waals surface area contributed by atoms with E-state index < -0.39 is 0 Å². The van der Waals surface area contributed by atoms with E-state index >= 15 is 0 Å². The van der Waals surface area contributed by atoms with Crippen molar-refractivity contribution in [2.45, 2.75) is 19.3 Å². The molecule has 2 aromatic carbocycles. The molecule has 0 bridgehead atoms. The first-order chi connectivity index (χ1) is 8.69. The maximum atomic E-state index is 13.1. The van der Waals surface area contributed by atoms with Crippen LogP contribution in [0.1, 0.15) is 22.6 Å². The van der Waals surface area contributed by atoms with Gasteiger partial charge in [0.05, 0.1) is 12.0 Å². The molecule has 0 saturated heterocycles. The summed E-state index contributed by atoms with van der Waals surface area (Å²) in [5.41, 5.74) is 3.00. The maximum Gasteiger partial charge on any atom is 0.123 e. The summed E-state index contributed by atoms with van der Waals surface area (Å²) >= 11 is 0. The SMILES string of the molecule is Cc1ccc(C(C#N)Cc2cccc(F)c2)cc1. The summed E-state index contributed by atoms with van der Waals surface area (Å²) in [7, 11) is 0. The molecule has 18 heavy (non-hydrogen) atoms. The molecule has 0 aliphatic carbocycles. The van der Waals surface area contributed by atoms with Gasteiger partial charge in [-0.2, -0.15) is 5.26 Å². The van der Waals surface area contributed by atoms with E-state index in [9.17, 15) is 9.65 Å². The van der Waals surface area contributed by atoms with E-state index in [-0.39, 0.29) is 11.7 Å². The van der Waals surface area contributed by atoms with Crippen LogP contribution in [0.2, 0.25) is 0 Å². The Labute approximate surface area is 107 Å². The zero-order valence-electron chi connectivity index (χ0n) is 10.2. The van der Waals surface area contributed by atoms with Crippen LogP contribution < -0.4 is 0 Å². The van der Waals surface area contributed by atoms with Gasteiger partial charge in [-0.3, -0.25) is 0 Å². The number of nitriles is 1. The first kappa shape index (κ1) is 12.3. The van der Waals surface area contributed by atoms with Gasteiger partial charge < -0.3 is 0 Å². The fraction of sp³-hybridized carbons (Fsp3) is 0.188. The third-order valence-electron chi connectivity index (χ3n) is 2.96. The van der Waals surface area contributed by atoms with Gasteiger partial charge in [0.15, 0.2) is 0 Å². The van der Waals surface area contributed by atoms with Crippen molar-refractivity contribution in [1.29, 1.82) is 5.26 Å². The largest absolute Gasteiger partial charge is 0.207 e. The van der Waals surface area contributed by atoms with E-state index in [4.69, 9.17) is 0 Å². The molecular formula is C16H14FN. The number of hydrogen-bond donors (Lipinski definition) is 0. The molecule has 0 aliphatic heterocycles. The number of rotatable bonds is 3. The Kier molecular flexibility index (Phi) is 3.74. The second kappa shape index (κ2) is 5.46. The van der Waals surface area contributed by atoms with E-state index in [0.717, 1.165) is 11.1 Å². The standard InChI is InChI=1S/C16H14FN/c1-12-5-7-14(8-6-12)15(11-18)9-13-3-2-4-16(17)10-13/h2-8,10,15H,9H2,1H3. The first-order valence-corrected chi connectivity index (χ1v) is 5.89. The van der Waals surface area contributed by atoms with Crippen molar-refractivity contribution < 1.29 is 4.39 Å². The molecule has 0 fully saturated rings. The monoisotopic (exact) mass is 239 g/mol. The highest BCUT2D eigenvalue weighted by molar-refractivity contribution is 5.31. The van der Waals surface area contributed by atoms with Crippen LogP contribution in [-0.2, 0) is 6.42 Å². The van der Waals surface area contributed by atoms with Crippen LogP contribution in [0, 0.1) is 24.1 Å². The topological polar surface area (TPSA) is 23.8 Å². The van der Waals surface area contributed by atoms with Gasteiger partial charge in [0.2, 0.25) is 0 Å². The highest BCUT2D eigenvalue weighted by atomic mass is 19.1. The van der Waals surface area contributed by atoms with Crippen molar-refractivity contribution in [3.8, 4) is 6.07 Å².